The summed E-state index contributed by atoms with van der Waals surface area (Å²) >= 11 is 0. The van der Waals surface area contributed by atoms with Crippen molar-refractivity contribution < 1.29 is 9.84 Å². The van der Waals surface area contributed by atoms with Crippen LogP contribution in [0.1, 0.15) is 0 Å². The number of phenols is 1. The Labute approximate surface area is 134 Å². The molecule has 116 valence electrons. The van der Waals surface area contributed by atoms with Gasteiger partial charge in [-0.05, 0) is 41.5 Å². The fraction of sp³-hybridized carbons (Fsp3) is 0.0556. The van der Waals surface area contributed by atoms with E-state index in [9.17, 15) is 5.11 Å². The van der Waals surface area contributed by atoms with Gasteiger partial charge in [0.1, 0.15) is 5.82 Å². The molecule has 0 saturated carbocycles. The molecule has 0 atom stereocenters. The molecular weight excluding hydrogens is 290 g/mol. The van der Waals surface area contributed by atoms with Gasteiger partial charge in [0.25, 0.3) is 0 Å². The Bertz CT molecular complexity index is 845. The molecule has 0 spiro atoms. The Morgan fingerprint density at radius 3 is 2.26 bits per heavy atom. The van der Waals surface area contributed by atoms with Crippen molar-refractivity contribution in [3.05, 3.63) is 54.7 Å². The van der Waals surface area contributed by atoms with Gasteiger partial charge in [0, 0.05) is 23.0 Å². The second-order valence-corrected chi connectivity index (χ2v) is 5.17. The van der Waals surface area contributed by atoms with Gasteiger partial charge in [-0.1, -0.05) is 18.2 Å². The molecule has 0 unspecified atom stereocenters. The van der Waals surface area contributed by atoms with Crippen LogP contribution in [0, 0.1) is 0 Å². The van der Waals surface area contributed by atoms with E-state index in [1.165, 1.54) is 7.11 Å². The van der Waals surface area contributed by atoms with Gasteiger partial charge in [-0.2, -0.15) is 0 Å². The van der Waals surface area contributed by atoms with Crippen molar-refractivity contribution >= 4 is 11.5 Å². The van der Waals surface area contributed by atoms with Crippen LogP contribution >= 0.6 is 0 Å². The zero-order chi connectivity index (χ0) is 16.4. The number of phenolic OH excluding ortho intramolecular Hbond substituents is 1. The number of aromatic nitrogens is 1. The molecule has 5 nitrogen and oxygen atoms in total. The molecule has 1 heterocycles. The quantitative estimate of drug-likeness (QED) is 0.645. The van der Waals surface area contributed by atoms with Crippen molar-refractivity contribution in [3.63, 3.8) is 0 Å². The Morgan fingerprint density at radius 1 is 0.913 bits per heavy atom. The van der Waals surface area contributed by atoms with Crippen LogP contribution in [0.15, 0.2) is 54.7 Å². The Kier molecular flexibility index (Phi) is 3.76. The largest absolute Gasteiger partial charge is 0.504 e. The van der Waals surface area contributed by atoms with Crippen molar-refractivity contribution in [3.8, 4) is 33.8 Å². The van der Waals surface area contributed by atoms with Gasteiger partial charge in [0.05, 0.1) is 7.11 Å². The maximum absolute atomic E-state index is 9.94. The summed E-state index contributed by atoms with van der Waals surface area (Å²) in [6.45, 7) is 0. The molecule has 3 rings (SSSR count). The number of pyridine rings is 1. The maximum atomic E-state index is 9.94. The average Bonchev–Trinajstić information content (AvgIpc) is 2.56. The molecule has 0 aliphatic rings. The first kappa shape index (κ1) is 14.7. The number of benzene rings is 2. The van der Waals surface area contributed by atoms with E-state index in [1.54, 1.807) is 18.3 Å². The summed E-state index contributed by atoms with van der Waals surface area (Å²) in [4.78, 5) is 4.26. The number of rotatable bonds is 3. The van der Waals surface area contributed by atoms with E-state index in [-0.39, 0.29) is 5.75 Å². The van der Waals surface area contributed by atoms with E-state index in [4.69, 9.17) is 16.2 Å². The third-order valence-corrected chi connectivity index (χ3v) is 3.65. The monoisotopic (exact) mass is 307 g/mol. The van der Waals surface area contributed by atoms with Gasteiger partial charge in [0.15, 0.2) is 11.5 Å². The van der Waals surface area contributed by atoms with Crippen LogP contribution in [-0.2, 0) is 0 Å². The van der Waals surface area contributed by atoms with Crippen LogP contribution in [0.5, 0.6) is 11.5 Å². The predicted octanol–water partition coefficient (Wildman–Crippen LogP) is 3.29. The normalized spacial score (nSPS) is 10.5. The summed E-state index contributed by atoms with van der Waals surface area (Å²) in [5.74, 6) is 0.947. The molecule has 0 fully saturated rings. The average molecular weight is 307 g/mol. The maximum Gasteiger partial charge on any atom is 0.160 e. The van der Waals surface area contributed by atoms with Crippen LogP contribution in [-0.4, -0.2) is 17.2 Å². The summed E-state index contributed by atoms with van der Waals surface area (Å²) in [5.41, 5.74) is 15.8. The van der Waals surface area contributed by atoms with E-state index < -0.39 is 0 Å². The molecule has 3 aromatic rings. The van der Waals surface area contributed by atoms with E-state index in [0.29, 0.717) is 17.3 Å². The van der Waals surface area contributed by atoms with Crippen molar-refractivity contribution in [1.29, 1.82) is 0 Å². The highest BCUT2D eigenvalue weighted by atomic mass is 16.5. The minimum absolute atomic E-state index is 0.0795. The highest BCUT2D eigenvalue weighted by molar-refractivity contribution is 5.80. The molecular formula is C18H17N3O2. The van der Waals surface area contributed by atoms with E-state index in [0.717, 1.165) is 22.3 Å². The first-order valence-electron chi connectivity index (χ1n) is 7.07. The summed E-state index contributed by atoms with van der Waals surface area (Å²) in [5, 5.41) is 9.94. The summed E-state index contributed by atoms with van der Waals surface area (Å²) in [6, 6.07) is 14.6. The van der Waals surface area contributed by atoms with Gasteiger partial charge >= 0.3 is 0 Å². The highest BCUT2D eigenvalue weighted by Gasteiger charge is 2.09. The Balaban J connectivity index is 2.06. The number of ether oxygens (including phenoxy) is 1. The molecule has 5 N–H and O–H groups in total. The number of nitrogens with zero attached hydrogens (tertiary/aromatic N) is 1. The lowest BCUT2D eigenvalue weighted by Gasteiger charge is -2.10. The minimum Gasteiger partial charge on any atom is -0.504 e. The van der Waals surface area contributed by atoms with Crippen LogP contribution in [0.3, 0.4) is 0 Å². The van der Waals surface area contributed by atoms with Crippen LogP contribution in [0.2, 0.25) is 0 Å². The molecule has 2 aromatic carbocycles. The van der Waals surface area contributed by atoms with Gasteiger partial charge < -0.3 is 21.3 Å². The highest BCUT2D eigenvalue weighted by Crippen LogP contribution is 2.34. The van der Waals surface area contributed by atoms with Crippen molar-refractivity contribution in [2.45, 2.75) is 0 Å². The fourth-order valence-corrected chi connectivity index (χ4v) is 2.40. The van der Waals surface area contributed by atoms with Crippen LogP contribution in [0.4, 0.5) is 11.5 Å². The number of nitrogens with two attached hydrogens (primary N) is 2. The summed E-state index contributed by atoms with van der Waals surface area (Å²) in [7, 11) is 1.51. The second-order valence-electron chi connectivity index (χ2n) is 5.17. The molecule has 0 bridgehead atoms. The third kappa shape index (κ3) is 2.89. The van der Waals surface area contributed by atoms with E-state index in [2.05, 4.69) is 4.98 Å². The molecule has 0 radical (unpaired) electrons. The number of hydrogen-bond donors (Lipinski definition) is 3. The van der Waals surface area contributed by atoms with Gasteiger partial charge in [-0.3, -0.25) is 0 Å². The molecule has 0 saturated heterocycles. The number of hydrogen-bond acceptors (Lipinski definition) is 5. The fourth-order valence-electron chi connectivity index (χ4n) is 2.40. The first-order valence-corrected chi connectivity index (χ1v) is 7.07. The minimum atomic E-state index is 0.0795. The lowest BCUT2D eigenvalue weighted by atomic mass is 10.0. The van der Waals surface area contributed by atoms with Gasteiger partial charge in [-0.15, -0.1) is 0 Å². The van der Waals surface area contributed by atoms with Crippen molar-refractivity contribution in [1.82, 2.24) is 4.98 Å². The number of anilines is 2. The number of methoxy groups -OCH3 is 1. The topological polar surface area (TPSA) is 94.4 Å². The summed E-state index contributed by atoms with van der Waals surface area (Å²) < 4.78 is 5.06. The zero-order valence-electron chi connectivity index (χ0n) is 12.7. The Hall–Kier alpha value is -3.21. The summed E-state index contributed by atoms with van der Waals surface area (Å²) in [6.07, 6.45) is 1.68. The molecule has 0 aliphatic carbocycles. The standard InChI is InChI=1S/C18H17N3O2/c1-23-17-7-4-12(9-16(17)22)13-8-15(18(20)21-10-13)11-2-5-14(19)6-3-11/h2-10,22H,19H2,1H3,(H2,20,21). The molecule has 0 amide bonds. The number of aromatic hydroxyl groups is 1. The SMILES string of the molecule is COc1ccc(-c2cnc(N)c(-c3ccc(N)cc3)c2)cc1O. The smallest absolute Gasteiger partial charge is 0.160 e. The third-order valence-electron chi connectivity index (χ3n) is 3.65. The van der Waals surface area contributed by atoms with E-state index >= 15 is 0 Å². The molecule has 1 aromatic heterocycles. The van der Waals surface area contributed by atoms with Crippen LogP contribution < -0.4 is 16.2 Å². The number of nitrogen functional groups attached to an aromatic ring is 2. The second kappa shape index (κ2) is 5.88. The zero-order valence-corrected chi connectivity index (χ0v) is 12.7. The molecule has 23 heavy (non-hydrogen) atoms. The van der Waals surface area contributed by atoms with Gasteiger partial charge in [0.2, 0.25) is 0 Å². The van der Waals surface area contributed by atoms with Gasteiger partial charge in [-0.25, -0.2) is 4.98 Å². The van der Waals surface area contributed by atoms with Crippen LogP contribution in [0.25, 0.3) is 22.3 Å². The molecule has 5 heteroatoms. The van der Waals surface area contributed by atoms with E-state index in [1.807, 2.05) is 36.4 Å². The van der Waals surface area contributed by atoms with Crippen molar-refractivity contribution in [2.75, 3.05) is 18.6 Å². The predicted molar refractivity (Wildman–Crippen MR) is 92.2 cm³/mol. The van der Waals surface area contributed by atoms with Crippen molar-refractivity contribution in [2.24, 2.45) is 0 Å². The lowest BCUT2D eigenvalue weighted by Crippen LogP contribution is -1.95. The molecule has 0 aliphatic heterocycles. The Morgan fingerprint density at radius 2 is 1.61 bits per heavy atom. The first-order chi connectivity index (χ1) is 11.1. The lowest BCUT2D eigenvalue weighted by molar-refractivity contribution is 0.373.